The highest BCUT2D eigenvalue weighted by Gasteiger charge is 2.24. The van der Waals surface area contributed by atoms with Gasteiger partial charge in [0.1, 0.15) is 10.8 Å². The number of anilines is 1. The summed E-state index contributed by atoms with van der Waals surface area (Å²) >= 11 is 1.40. The van der Waals surface area contributed by atoms with Crippen LogP contribution in [0.4, 0.5) is 9.39 Å². The van der Waals surface area contributed by atoms with Crippen molar-refractivity contribution in [3.8, 4) is 0 Å². The van der Waals surface area contributed by atoms with Crippen molar-refractivity contribution in [2.45, 2.75) is 32.1 Å². The Morgan fingerprint density at radius 2 is 1.96 bits per heavy atom. The van der Waals surface area contributed by atoms with Crippen LogP contribution in [0.3, 0.4) is 0 Å². The van der Waals surface area contributed by atoms with E-state index in [0.29, 0.717) is 10.6 Å². The minimum atomic E-state index is -0.529. The SMILES string of the molecule is NC(=O)c1c(NC(=O)c2cccc(F)c2)sc2c1CCCCC2. The van der Waals surface area contributed by atoms with Crippen LogP contribution in [0, 0.1) is 5.82 Å². The molecule has 0 unspecified atom stereocenters. The van der Waals surface area contributed by atoms with E-state index in [-0.39, 0.29) is 5.56 Å². The largest absolute Gasteiger partial charge is 0.365 e. The van der Waals surface area contributed by atoms with Gasteiger partial charge in [-0.25, -0.2) is 4.39 Å². The van der Waals surface area contributed by atoms with Crippen LogP contribution in [0.25, 0.3) is 0 Å². The summed E-state index contributed by atoms with van der Waals surface area (Å²) in [5.74, 6) is -1.45. The average Bonchev–Trinajstić information content (AvgIpc) is 2.69. The smallest absolute Gasteiger partial charge is 0.256 e. The van der Waals surface area contributed by atoms with Gasteiger partial charge < -0.3 is 11.1 Å². The normalized spacial score (nSPS) is 14.0. The quantitative estimate of drug-likeness (QED) is 0.844. The lowest BCUT2D eigenvalue weighted by molar-refractivity contribution is 0.100. The number of nitrogens with one attached hydrogen (secondary N) is 1. The molecule has 1 heterocycles. The van der Waals surface area contributed by atoms with Gasteiger partial charge in [-0.05, 0) is 49.4 Å². The van der Waals surface area contributed by atoms with Gasteiger partial charge >= 0.3 is 0 Å². The van der Waals surface area contributed by atoms with Crippen molar-refractivity contribution in [3.63, 3.8) is 0 Å². The van der Waals surface area contributed by atoms with Crippen molar-refractivity contribution in [2.75, 3.05) is 5.32 Å². The van der Waals surface area contributed by atoms with E-state index in [4.69, 9.17) is 5.73 Å². The topological polar surface area (TPSA) is 72.2 Å². The number of aryl methyl sites for hydroxylation is 1. The number of rotatable bonds is 3. The number of carbonyl (C=O) groups is 2. The number of benzene rings is 1. The van der Waals surface area contributed by atoms with E-state index >= 15 is 0 Å². The molecule has 1 aliphatic carbocycles. The molecule has 2 amide bonds. The Balaban J connectivity index is 1.93. The molecular formula is C17H17FN2O2S. The van der Waals surface area contributed by atoms with Crippen LogP contribution in [0.15, 0.2) is 24.3 Å². The molecule has 23 heavy (non-hydrogen) atoms. The molecule has 0 radical (unpaired) electrons. The van der Waals surface area contributed by atoms with E-state index < -0.39 is 17.6 Å². The molecule has 0 saturated carbocycles. The molecular weight excluding hydrogens is 315 g/mol. The number of hydrogen-bond acceptors (Lipinski definition) is 3. The second-order valence-electron chi connectivity index (χ2n) is 5.60. The van der Waals surface area contributed by atoms with E-state index in [1.165, 1.54) is 29.5 Å². The Morgan fingerprint density at radius 3 is 2.70 bits per heavy atom. The fraction of sp³-hybridized carbons (Fsp3) is 0.294. The second kappa shape index (κ2) is 6.50. The molecule has 4 nitrogen and oxygen atoms in total. The van der Waals surface area contributed by atoms with Gasteiger partial charge in [0, 0.05) is 10.4 Å². The zero-order valence-electron chi connectivity index (χ0n) is 12.5. The summed E-state index contributed by atoms with van der Waals surface area (Å²) in [4.78, 5) is 25.3. The lowest BCUT2D eigenvalue weighted by Gasteiger charge is -2.06. The van der Waals surface area contributed by atoms with E-state index in [1.54, 1.807) is 0 Å². The number of nitrogens with two attached hydrogens (primary N) is 1. The Kier molecular flexibility index (Phi) is 4.43. The van der Waals surface area contributed by atoms with Gasteiger partial charge in [-0.15, -0.1) is 11.3 Å². The van der Waals surface area contributed by atoms with Gasteiger partial charge in [0.2, 0.25) is 0 Å². The fourth-order valence-corrected chi connectivity index (χ4v) is 4.19. The molecule has 120 valence electrons. The Hall–Kier alpha value is -2.21. The first-order valence-electron chi connectivity index (χ1n) is 7.57. The van der Waals surface area contributed by atoms with Crippen LogP contribution in [0.1, 0.15) is 50.4 Å². The third-order valence-electron chi connectivity index (χ3n) is 3.98. The Morgan fingerprint density at radius 1 is 1.17 bits per heavy atom. The molecule has 0 atom stereocenters. The fourth-order valence-electron chi connectivity index (χ4n) is 2.90. The van der Waals surface area contributed by atoms with Crippen molar-refractivity contribution in [2.24, 2.45) is 5.73 Å². The van der Waals surface area contributed by atoms with Crippen LogP contribution in [0.5, 0.6) is 0 Å². The minimum Gasteiger partial charge on any atom is -0.365 e. The predicted octanol–water partition coefficient (Wildman–Crippen LogP) is 3.51. The standard InChI is InChI=1S/C17H17FN2O2S/c18-11-6-4-5-10(9-11)16(22)20-17-14(15(19)21)12-7-2-1-3-8-13(12)23-17/h4-6,9H,1-3,7-8H2,(H2,19,21)(H,20,22). The number of thiophene rings is 1. The monoisotopic (exact) mass is 332 g/mol. The van der Waals surface area contributed by atoms with E-state index in [9.17, 15) is 14.0 Å². The maximum atomic E-state index is 13.3. The van der Waals surface area contributed by atoms with Crippen LogP contribution in [0.2, 0.25) is 0 Å². The minimum absolute atomic E-state index is 0.212. The number of primary amides is 1. The van der Waals surface area contributed by atoms with Crippen molar-refractivity contribution in [1.29, 1.82) is 0 Å². The first-order valence-corrected chi connectivity index (χ1v) is 8.39. The van der Waals surface area contributed by atoms with Gasteiger partial charge in [0.25, 0.3) is 11.8 Å². The van der Waals surface area contributed by atoms with E-state index in [2.05, 4.69) is 5.32 Å². The molecule has 0 bridgehead atoms. The summed E-state index contributed by atoms with van der Waals surface area (Å²) in [6.45, 7) is 0. The molecule has 0 fully saturated rings. The molecule has 3 rings (SSSR count). The van der Waals surface area contributed by atoms with Gasteiger partial charge in [-0.3, -0.25) is 9.59 Å². The summed E-state index contributed by atoms with van der Waals surface area (Å²) in [5, 5.41) is 3.20. The zero-order valence-corrected chi connectivity index (χ0v) is 13.3. The van der Waals surface area contributed by atoms with Gasteiger partial charge in [0.05, 0.1) is 5.56 Å². The maximum Gasteiger partial charge on any atom is 0.256 e. The third kappa shape index (κ3) is 3.27. The Labute approximate surface area is 137 Å². The zero-order chi connectivity index (χ0) is 16.4. The number of fused-ring (bicyclic) bond motifs is 1. The summed E-state index contributed by atoms with van der Waals surface area (Å²) in [5.41, 5.74) is 7.12. The third-order valence-corrected chi connectivity index (χ3v) is 5.19. The van der Waals surface area contributed by atoms with Crippen molar-refractivity contribution in [1.82, 2.24) is 0 Å². The maximum absolute atomic E-state index is 13.3. The molecule has 1 aromatic carbocycles. The summed E-state index contributed by atoms with van der Waals surface area (Å²) in [6, 6.07) is 5.44. The van der Waals surface area contributed by atoms with Crippen molar-refractivity contribution < 1.29 is 14.0 Å². The first kappa shape index (κ1) is 15.7. The number of hydrogen-bond donors (Lipinski definition) is 2. The van der Waals surface area contributed by atoms with Gasteiger partial charge in [-0.1, -0.05) is 12.5 Å². The second-order valence-corrected chi connectivity index (χ2v) is 6.70. The molecule has 0 spiro atoms. The lowest BCUT2D eigenvalue weighted by Crippen LogP contribution is -2.18. The highest BCUT2D eigenvalue weighted by molar-refractivity contribution is 7.17. The molecule has 1 aromatic heterocycles. The predicted molar refractivity (Wildman–Crippen MR) is 88.4 cm³/mol. The summed E-state index contributed by atoms with van der Waals surface area (Å²) in [6.07, 6.45) is 4.92. The van der Waals surface area contributed by atoms with Crippen LogP contribution in [-0.4, -0.2) is 11.8 Å². The molecule has 0 aliphatic heterocycles. The van der Waals surface area contributed by atoms with Crippen LogP contribution in [-0.2, 0) is 12.8 Å². The Bertz CT molecular complexity index is 770. The molecule has 2 aromatic rings. The average molecular weight is 332 g/mol. The summed E-state index contributed by atoms with van der Waals surface area (Å²) in [7, 11) is 0. The summed E-state index contributed by atoms with van der Waals surface area (Å²) < 4.78 is 13.3. The van der Waals surface area contributed by atoms with Crippen LogP contribution < -0.4 is 11.1 Å². The highest BCUT2D eigenvalue weighted by atomic mass is 32.1. The highest BCUT2D eigenvalue weighted by Crippen LogP contribution is 2.37. The van der Waals surface area contributed by atoms with Gasteiger partial charge in [0.15, 0.2) is 0 Å². The molecule has 0 saturated heterocycles. The van der Waals surface area contributed by atoms with Crippen LogP contribution >= 0.6 is 11.3 Å². The van der Waals surface area contributed by atoms with Crippen molar-refractivity contribution >= 4 is 28.2 Å². The van der Waals surface area contributed by atoms with Gasteiger partial charge in [-0.2, -0.15) is 0 Å². The first-order chi connectivity index (χ1) is 11.1. The number of amides is 2. The molecule has 6 heteroatoms. The number of carbonyl (C=O) groups excluding carboxylic acids is 2. The van der Waals surface area contributed by atoms with E-state index in [1.807, 2.05) is 0 Å². The molecule has 3 N–H and O–H groups in total. The molecule has 1 aliphatic rings. The lowest BCUT2D eigenvalue weighted by atomic mass is 10.1. The van der Waals surface area contributed by atoms with E-state index in [0.717, 1.165) is 48.6 Å². The number of halogens is 1. The van der Waals surface area contributed by atoms with Crippen molar-refractivity contribution in [3.05, 3.63) is 51.7 Å².